The topological polar surface area (TPSA) is 77.8 Å². The minimum atomic E-state index is -0.948. The molecule has 0 fully saturated rings. The Morgan fingerprint density at radius 3 is 2.53 bits per heavy atom. The van der Waals surface area contributed by atoms with E-state index in [1.54, 1.807) is 6.92 Å². The molecule has 1 aromatic rings. The van der Waals surface area contributed by atoms with Gasteiger partial charge in [-0.1, -0.05) is 32.6 Å². The molecule has 0 radical (unpaired) electrons. The lowest BCUT2D eigenvalue weighted by Crippen LogP contribution is -2.02. The quantitative estimate of drug-likeness (QED) is 0.523. The van der Waals surface area contributed by atoms with Crippen LogP contribution >= 0.6 is 0 Å². The third kappa shape index (κ3) is 3.70. The molecule has 106 valence electrons. The fourth-order valence-corrected chi connectivity index (χ4v) is 2.20. The van der Waals surface area contributed by atoms with Gasteiger partial charge in [0.1, 0.15) is 11.5 Å². The zero-order chi connectivity index (χ0) is 14.4. The lowest BCUT2D eigenvalue weighted by atomic mass is 9.96. The number of aliphatic hydroxyl groups excluding tert-OH is 1. The molecule has 0 spiro atoms. The molecule has 0 amide bonds. The molecule has 19 heavy (non-hydrogen) atoms. The molecule has 3 N–H and O–H groups in total. The van der Waals surface area contributed by atoms with E-state index < -0.39 is 6.10 Å². The first-order chi connectivity index (χ1) is 9.02. The average Bonchev–Trinajstić information content (AvgIpc) is 2.34. The maximum atomic E-state index is 10.9. The number of phenolic OH excluding ortho intramolecular Hbond substituents is 2. The minimum Gasteiger partial charge on any atom is -0.507 e. The molecule has 1 aromatic carbocycles. The highest BCUT2D eigenvalue weighted by molar-refractivity contribution is 5.83. The zero-order valence-electron chi connectivity index (χ0n) is 11.5. The summed E-state index contributed by atoms with van der Waals surface area (Å²) in [5, 5.41) is 29.9. The summed E-state index contributed by atoms with van der Waals surface area (Å²) in [4.78, 5) is 10.9. The number of phenols is 2. The van der Waals surface area contributed by atoms with Crippen LogP contribution in [0.1, 0.15) is 66.6 Å². The lowest BCUT2D eigenvalue weighted by molar-refractivity contribution is 0.111. The average molecular weight is 266 g/mol. The molecule has 1 rings (SSSR count). The van der Waals surface area contributed by atoms with Crippen LogP contribution in [0.2, 0.25) is 0 Å². The van der Waals surface area contributed by atoms with E-state index in [0.717, 1.165) is 25.7 Å². The second-order valence-corrected chi connectivity index (χ2v) is 4.87. The van der Waals surface area contributed by atoms with Gasteiger partial charge in [-0.3, -0.25) is 4.79 Å². The van der Waals surface area contributed by atoms with Crippen LogP contribution in [0.25, 0.3) is 0 Å². The molecule has 0 aliphatic carbocycles. The first-order valence-corrected chi connectivity index (χ1v) is 6.71. The number of hydrogen-bond donors (Lipinski definition) is 3. The van der Waals surface area contributed by atoms with Gasteiger partial charge in [-0.15, -0.1) is 0 Å². The summed E-state index contributed by atoms with van der Waals surface area (Å²) in [5.74, 6) is -0.473. The number of aryl methyl sites for hydroxylation is 1. The Bertz CT molecular complexity index is 440. The maximum absolute atomic E-state index is 10.9. The highest BCUT2D eigenvalue weighted by Gasteiger charge is 2.21. The summed E-state index contributed by atoms with van der Waals surface area (Å²) in [6.07, 6.45) is 4.07. The van der Waals surface area contributed by atoms with Crippen LogP contribution in [0.5, 0.6) is 11.5 Å². The van der Waals surface area contributed by atoms with Gasteiger partial charge in [0.25, 0.3) is 0 Å². The molecular weight excluding hydrogens is 244 g/mol. The highest BCUT2D eigenvalue weighted by Crippen LogP contribution is 2.38. The van der Waals surface area contributed by atoms with Gasteiger partial charge in [0, 0.05) is 0 Å². The Morgan fingerprint density at radius 2 is 1.95 bits per heavy atom. The monoisotopic (exact) mass is 266 g/mol. The fraction of sp³-hybridized carbons (Fsp3) is 0.533. The van der Waals surface area contributed by atoms with E-state index in [9.17, 15) is 20.1 Å². The van der Waals surface area contributed by atoms with E-state index in [2.05, 4.69) is 6.92 Å². The molecule has 4 heteroatoms. The largest absolute Gasteiger partial charge is 0.507 e. The molecule has 4 nitrogen and oxygen atoms in total. The molecule has 0 saturated heterocycles. The van der Waals surface area contributed by atoms with Crippen LogP contribution < -0.4 is 0 Å². The third-order valence-corrected chi connectivity index (χ3v) is 3.35. The van der Waals surface area contributed by atoms with Crippen LogP contribution in [0.4, 0.5) is 0 Å². The van der Waals surface area contributed by atoms with Gasteiger partial charge < -0.3 is 15.3 Å². The third-order valence-electron chi connectivity index (χ3n) is 3.35. The zero-order valence-corrected chi connectivity index (χ0v) is 11.5. The number of aldehydes is 1. The summed E-state index contributed by atoms with van der Waals surface area (Å²) < 4.78 is 0. The molecule has 0 bridgehead atoms. The maximum Gasteiger partial charge on any atom is 0.154 e. The van der Waals surface area contributed by atoms with Crippen molar-refractivity contribution in [3.63, 3.8) is 0 Å². The van der Waals surface area contributed by atoms with E-state index in [1.165, 1.54) is 6.07 Å². The molecule has 0 aliphatic heterocycles. The van der Waals surface area contributed by atoms with Crippen LogP contribution in [0.3, 0.4) is 0 Å². The van der Waals surface area contributed by atoms with Gasteiger partial charge in [0.05, 0.1) is 17.2 Å². The molecule has 0 heterocycles. The number of unbranched alkanes of at least 4 members (excludes halogenated alkanes) is 3. The normalized spacial score (nSPS) is 12.4. The molecule has 1 unspecified atom stereocenters. The fourth-order valence-electron chi connectivity index (χ4n) is 2.20. The van der Waals surface area contributed by atoms with E-state index in [0.29, 0.717) is 18.3 Å². The van der Waals surface area contributed by atoms with Crippen molar-refractivity contribution in [2.75, 3.05) is 0 Å². The van der Waals surface area contributed by atoms with Crippen LogP contribution in [-0.2, 0) is 0 Å². The predicted octanol–water partition coefficient (Wildman–Crippen LogP) is 3.22. The SMILES string of the molecule is CCCCCCC(O)c1c(O)cc(C)c(C=O)c1O. The predicted molar refractivity (Wildman–Crippen MR) is 73.6 cm³/mol. The molecule has 0 aliphatic rings. The highest BCUT2D eigenvalue weighted by atomic mass is 16.3. The standard InChI is InChI=1S/C15H22O4/c1-3-4-5-6-7-12(17)14-13(18)8-10(2)11(9-16)15(14)19/h8-9,12,17-19H,3-7H2,1-2H3. The number of aliphatic hydroxyl groups is 1. The first kappa shape index (κ1) is 15.5. The van der Waals surface area contributed by atoms with Gasteiger partial charge in [0.15, 0.2) is 6.29 Å². The Balaban J connectivity index is 2.90. The number of hydrogen-bond acceptors (Lipinski definition) is 4. The first-order valence-electron chi connectivity index (χ1n) is 6.71. The second kappa shape index (κ2) is 7.14. The van der Waals surface area contributed by atoms with Gasteiger partial charge in [0.2, 0.25) is 0 Å². The van der Waals surface area contributed by atoms with E-state index in [-0.39, 0.29) is 22.6 Å². The Morgan fingerprint density at radius 1 is 1.26 bits per heavy atom. The molecule has 1 atom stereocenters. The van der Waals surface area contributed by atoms with Crippen molar-refractivity contribution in [2.45, 2.75) is 52.1 Å². The summed E-state index contributed by atoms with van der Waals surface area (Å²) in [6, 6.07) is 1.40. The smallest absolute Gasteiger partial charge is 0.154 e. The van der Waals surface area contributed by atoms with E-state index in [4.69, 9.17) is 0 Å². The summed E-state index contributed by atoms with van der Waals surface area (Å²) in [6.45, 7) is 3.73. The number of carbonyl (C=O) groups excluding carboxylic acids is 1. The number of carbonyl (C=O) groups is 1. The van der Waals surface area contributed by atoms with E-state index in [1.807, 2.05) is 0 Å². The van der Waals surface area contributed by atoms with Crippen molar-refractivity contribution in [2.24, 2.45) is 0 Å². The Kier molecular flexibility index (Phi) is 5.83. The van der Waals surface area contributed by atoms with E-state index >= 15 is 0 Å². The second-order valence-electron chi connectivity index (χ2n) is 4.87. The Labute approximate surface area is 113 Å². The van der Waals surface area contributed by atoms with Crippen LogP contribution in [-0.4, -0.2) is 21.6 Å². The summed E-state index contributed by atoms with van der Waals surface area (Å²) in [7, 11) is 0. The molecule has 0 aromatic heterocycles. The van der Waals surface area contributed by atoms with Crippen molar-refractivity contribution >= 4 is 6.29 Å². The van der Waals surface area contributed by atoms with Gasteiger partial charge in [-0.2, -0.15) is 0 Å². The van der Waals surface area contributed by atoms with Crippen LogP contribution in [0.15, 0.2) is 6.07 Å². The minimum absolute atomic E-state index is 0.0594. The summed E-state index contributed by atoms with van der Waals surface area (Å²) in [5.41, 5.74) is 0.677. The number of rotatable bonds is 7. The van der Waals surface area contributed by atoms with Gasteiger partial charge in [-0.05, 0) is 25.0 Å². The lowest BCUT2D eigenvalue weighted by Gasteiger charge is -2.16. The van der Waals surface area contributed by atoms with Crippen molar-refractivity contribution in [1.82, 2.24) is 0 Å². The van der Waals surface area contributed by atoms with Crippen molar-refractivity contribution in [3.05, 3.63) is 22.8 Å². The van der Waals surface area contributed by atoms with Gasteiger partial charge >= 0.3 is 0 Å². The number of benzene rings is 1. The molecule has 0 saturated carbocycles. The summed E-state index contributed by atoms with van der Waals surface area (Å²) >= 11 is 0. The number of aromatic hydroxyl groups is 2. The van der Waals surface area contributed by atoms with Crippen molar-refractivity contribution in [1.29, 1.82) is 0 Å². The Hall–Kier alpha value is -1.55. The van der Waals surface area contributed by atoms with Crippen molar-refractivity contribution < 1.29 is 20.1 Å². The van der Waals surface area contributed by atoms with Gasteiger partial charge in [-0.25, -0.2) is 0 Å². The molecular formula is C15H22O4. The van der Waals surface area contributed by atoms with Crippen molar-refractivity contribution in [3.8, 4) is 11.5 Å². The van der Waals surface area contributed by atoms with Crippen LogP contribution in [0, 0.1) is 6.92 Å².